The fourth-order valence-electron chi connectivity index (χ4n) is 1.79. The second-order valence-corrected chi connectivity index (χ2v) is 7.26. The van der Waals surface area contributed by atoms with Crippen molar-refractivity contribution in [2.45, 2.75) is 24.8 Å². The van der Waals surface area contributed by atoms with Gasteiger partial charge in [-0.05, 0) is 38.6 Å². The molecule has 1 heterocycles. The molecule has 0 aliphatic heterocycles. The molecule has 0 aliphatic rings. The van der Waals surface area contributed by atoms with Gasteiger partial charge >= 0.3 is 0 Å². The van der Waals surface area contributed by atoms with Crippen molar-refractivity contribution in [2.75, 3.05) is 12.4 Å². The maximum Gasteiger partial charge on any atom is 0.240 e. The molecular weight excluding hydrogens is 294 g/mol. The number of aromatic nitrogens is 1. The predicted octanol–water partition coefficient (Wildman–Crippen LogP) is 2.53. The minimum absolute atomic E-state index is 0.0775. The van der Waals surface area contributed by atoms with E-state index in [1.807, 2.05) is 20.0 Å². The van der Waals surface area contributed by atoms with Crippen molar-refractivity contribution in [3.63, 3.8) is 0 Å². The monoisotopic (exact) mass is 311 g/mol. The molecule has 0 fully saturated rings. The number of anilines is 1. The number of aryl methyl sites for hydroxylation is 1. The summed E-state index contributed by atoms with van der Waals surface area (Å²) in [6.45, 7) is 3.96. The molecule has 7 heteroatoms. The zero-order valence-corrected chi connectivity index (χ0v) is 13.2. The molecule has 0 saturated heterocycles. The van der Waals surface area contributed by atoms with E-state index in [1.165, 1.54) is 7.05 Å². The van der Waals surface area contributed by atoms with Crippen molar-refractivity contribution in [1.82, 2.24) is 9.71 Å². The number of nitrogens with zero attached hydrogens (tertiary/aromatic N) is 1. The Labute approximate surface area is 123 Å². The first-order valence-corrected chi connectivity index (χ1v) is 8.49. The Morgan fingerprint density at radius 3 is 2.70 bits per heavy atom. The maximum absolute atomic E-state index is 11.8. The number of hydrogen-bond acceptors (Lipinski definition) is 5. The van der Waals surface area contributed by atoms with E-state index in [4.69, 9.17) is 0 Å². The standard InChI is InChI=1S/C13H17N3O2S2/c1-9-4-5-11(20(17,18)14-3)6-12(9)16-10(2)13-7-15-8-19-13/h4-8,10,14,16H,1-3H3. The van der Waals surface area contributed by atoms with Gasteiger partial charge in [0.2, 0.25) is 10.0 Å². The Kier molecular flexibility index (Phi) is 4.42. The molecule has 0 spiro atoms. The van der Waals surface area contributed by atoms with Crippen LogP contribution in [-0.2, 0) is 10.0 Å². The average molecular weight is 311 g/mol. The van der Waals surface area contributed by atoms with E-state index in [0.29, 0.717) is 0 Å². The van der Waals surface area contributed by atoms with Crippen LogP contribution in [0, 0.1) is 6.92 Å². The summed E-state index contributed by atoms with van der Waals surface area (Å²) in [5.41, 5.74) is 3.58. The number of thiazole rings is 1. The number of hydrogen-bond donors (Lipinski definition) is 2. The van der Waals surface area contributed by atoms with Crippen molar-refractivity contribution in [3.8, 4) is 0 Å². The van der Waals surface area contributed by atoms with Crippen molar-refractivity contribution in [3.05, 3.63) is 40.3 Å². The van der Waals surface area contributed by atoms with Gasteiger partial charge in [0.15, 0.2) is 0 Å². The summed E-state index contributed by atoms with van der Waals surface area (Å²) in [4.78, 5) is 5.41. The Bertz CT molecular complexity index is 682. The van der Waals surface area contributed by atoms with Gasteiger partial charge in [-0.2, -0.15) is 0 Å². The molecule has 1 aromatic carbocycles. The molecule has 5 nitrogen and oxygen atoms in total. The summed E-state index contributed by atoms with van der Waals surface area (Å²) < 4.78 is 26.0. The summed E-state index contributed by atoms with van der Waals surface area (Å²) in [6.07, 6.45) is 1.81. The Morgan fingerprint density at radius 2 is 2.10 bits per heavy atom. The minimum Gasteiger partial charge on any atom is -0.377 e. The molecule has 0 radical (unpaired) electrons. The first-order valence-electron chi connectivity index (χ1n) is 6.13. The highest BCUT2D eigenvalue weighted by Crippen LogP contribution is 2.26. The van der Waals surface area contributed by atoms with Gasteiger partial charge in [-0.15, -0.1) is 11.3 Å². The minimum atomic E-state index is -3.43. The zero-order valence-electron chi connectivity index (χ0n) is 11.5. The maximum atomic E-state index is 11.8. The van der Waals surface area contributed by atoms with Crippen LogP contribution in [-0.4, -0.2) is 20.4 Å². The second-order valence-electron chi connectivity index (χ2n) is 4.45. The summed E-state index contributed by atoms with van der Waals surface area (Å²) in [7, 11) is -2.02. The highest BCUT2D eigenvalue weighted by molar-refractivity contribution is 7.89. The highest BCUT2D eigenvalue weighted by Gasteiger charge is 2.14. The van der Waals surface area contributed by atoms with Gasteiger partial charge in [-0.25, -0.2) is 13.1 Å². The van der Waals surface area contributed by atoms with E-state index < -0.39 is 10.0 Å². The molecule has 0 aliphatic carbocycles. The van der Waals surface area contributed by atoms with Crippen LogP contribution in [0.4, 0.5) is 5.69 Å². The van der Waals surface area contributed by atoms with E-state index >= 15 is 0 Å². The topological polar surface area (TPSA) is 71.1 Å². The number of nitrogens with one attached hydrogen (secondary N) is 2. The predicted molar refractivity (Wildman–Crippen MR) is 81.6 cm³/mol. The second kappa shape index (κ2) is 5.90. The third-order valence-corrected chi connectivity index (χ3v) is 5.41. The number of sulfonamides is 1. The van der Waals surface area contributed by atoms with Crippen LogP contribution in [0.2, 0.25) is 0 Å². The molecule has 0 amide bonds. The van der Waals surface area contributed by atoms with E-state index in [1.54, 1.807) is 35.0 Å². The Balaban J connectivity index is 2.30. The molecule has 1 aromatic heterocycles. The van der Waals surface area contributed by atoms with E-state index in [9.17, 15) is 8.42 Å². The van der Waals surface area contributed by atoms with Gasteiger partial charge in [0, 0.05) is 16.8 Å². The van der Waals surface area contributed by atoms with Gasteiger partial charge in [0.05, 0.1) is 16.4 Å². The first-order chi connectivity index (χ1) is 9.44. The summed E-state index contributed by atoms with van der Waals surface area (Å²) in [5.74, 6) is 0. The molecular formula is C13H17N3O2S2. The average Bonchev–Trinajstić information content (AvgIpc) is 2.95. The molecule has 2 aromatic rings. The Hall–Kier alpha value is -1.44. The summed E-state index contributed by atoms with van der Waals surface area (Å²) in [5, 5.41) is 3.33. The van der Waals surface area contributed by atoms with Gasteiger partial charge < -0.3 is 5.32 Å². The molecule has 20 heavy (non-hydrogen) atoms. The van der Waals surface area contributed by atoms with Crippen LogP contribution in [0.3, 0.4) is 0 Å². The normalized spacial score (nSPS) is 13.2. The van der Waals surface area contributed by atoms with Crippen LogP contribution < -0.4 is 10.0 Å². The van der Waals surface area contributed by atoms with Crippen molar-refractivity contribution in [2.24, 2.45) is 0 Å². The lowest BCUT2D eigenvalue weighted by atomic mass is 10.2. The van der Waals surface area contributed by atoms with Crippen molar-refractivity contribution in [1.29, 1.82) is 0 Å². The molecule has 2 N–H and O–H groups in total. The van der Waals surface area contributed by atoms with Crippen molar-refractivity contribution < 1.29 is 8.42 Å². The third-order valence-electron chi connectivity index (χ3n) is 3.04. The third kappa shape index (κ3) is 3.17. The molecule has 108 valence electrons. The Morgan fingerprint density at radius 1 is 1.35 bits per heavy atom. The SMILES string of the molecule is CNS(=O)(=O)c1ccc(C)c(NC(C)c2cncs2)c1. The summed E-state index contributed by atoms with van der Waals surface area (Å²) in [6, 6.07) is 5.13. The van der Waals surface area contributed by atoms with Gasteiger partial charge in [0.25, 0.3) is 0 Å². The molecule has 1 unspecified atom stereocenters. The van der Waals surface area contributed by atoms with Crippen molar-refractivity contribution >= 4 is 27.0 Å². The molecule has 1 atom stereocenters. The molecule has 0 saturated carbocycles. The van der Waals surface area contributed by atoms with E-state index in [-0.39, 0.29) is 10.9 Å². The number of benzene rings is 1. The first kappa shape index (κ1) is 15.0. The highest BCUT2D eigenvalue weighted by atomic mass is 32.2. The zero-order chi connectivity index (χ0) is 14.8. The summed E-state index contributed by atoms with van der Waals surface area (Å²) >= 11 is 1.57. The molecule has 0 bridgehead atoms. The van der Waals surface area contributed by atoms with E-state index in [0.717, 1.165) is 16.1 Å². The fourth-order valence-corrected chi connectivity index (χ4v) is 3.17. The quantitative estimate of drug-likeness (QED) is 0.890. The lowest BCUT2D eigenvalue weighted by Gasteiger charge is -2.16. The number of rotatable bonds is 5. The van der Waals surface area contributed by atoms with Gasteiger partial charge in [-0.3, -0.25) is 4.98 Å². The smallest absolute Gasteiger partial charge is 0.240 e. The van der Waals surface area contributed by atoms with Crippen LogP contribution in [0.15, 0.2) is 34.8 Å². The van der Waals surface area contributed by atoms with E-state index in [2.05, 4.69) is 15.0 Å². The lowest BCUT2D eigenvalue weighted by molar-refractivity contribution is 0.588. The van der Waals surface area contributed by atoms with Crippen LogP contribution in [0.5, 0.6) is 0 Å². The lowest BCUT2D eigenvalue weighted by Crippen LogP contribution is -2.19. The van der Waals surface area contributed by atoms with Crippen LogP contribution in [0.1, 0.15) is 23.4 Å². The van der Waals surface area contributed by atoms with Gasteiger partial charge in [0.1, 0.15) is 0 Å². The van der Waals surface area contributed by atoms with Crippen LogP contribution >= 0.6 is 11.3 Å². The van der Waals surface area contributed by atoms with Crippen LogP contribution in [0.25, 0.3) is 0 Å². The van der Waals surface area contributed by atoms with Gasteiger partial charge in [-0.1, -0.05) is 6.07 Å². The largest absolute Gasteiger partial charge is 0.377 e. The molecule has 2 rings (SSSR count). The fraction of sp³-hybridized carbons (Fsp3) is 0.308.